The van der Waals surface area contributed by atoms with Crippen molar-refractivity contribution < 1.29 is 26.8 Å². The van der Waals surface area contributed by atoms with Gasteiger partial charge in [0.2, 0.25) is 5.89 Å². The highest BCUT2D eigenvalue weighted by atomic mass is 32.2. The lowest BCUT2D eigenvalue weighted by atomic mass is 10.2. The second-order valence-electron chi connectivity index (χ2n) is 6.70. The standard InChI is InChI=1S/C23H17FN2O5S/c24-18-11-9-16(10-12-18)21-14-25-22(31-21)15-30-23(27)17-5-4-6-19(13-17)26-32(28,29)20-7-2-1-3-8-20/h1-14,26H,15H2. The molecule has 0 aliphatic carbocycles. The predicted octanol–water partition coefficient (Wildman–Crippen LogP) is 4.64. The Morgan fingerprint density at radius 1 is 1.00 bits per heavy atom. The number of esters is 1. The number of nitrogens with one attached hydrogen (secondary N) is 1. The number of hydrogen-bond donors (Lipinski definition) is 1. The Kier molecular flexibility index (Phi) is 6.00. The molecule has 0 unspecified atom stereocenters. The predicted molar refractivity (Wildman–Crippen MR) is 115 cm³/mol. The number of nitrogens with zero attached hydrogens (tertiary/aromatic N) is 1. The molecule has 0 atom stereocenters. The number of carbonyl (C=O) groups excluding carboxylic acids is 1. The topological polar surface area (TPSA) is 98.5 Å². The molecule has 0 fully saturated rings. The molecule has 1 N–H and O–H groups in total. The number of ether oxygens (including phenoxy) is 1. The number of sulfonamides is 1. The van der Waals surface area contributed by atoms with Crippen LogP contribution < -0.4 is 4.72 Å². The van der Waals surface area contributed by atoms with Gasteiger partial charge in [0.15, 0.2) is 12.4 Å². The van der Waals surface area contributed by atoms with Crippen molar-refractivity contribution in [3.05, 3.63) is 102 Å². The lowest BCUT2D eigenvalue weighted by Gasteiger charge is -2.09. The van der Waals surface area contributed by atoms with Crippen molar-refractivity contribution >= 4 is 21.7 Å². The summed E-state index contributed by atoms with van der Waals surface area (Å²) < 4.78 is 51.2. The van der Waals surface area contributed by atoms with Crippen LogP contribution in [0.25, 0.3) is 11.3 Å². The first kappa shape index (κ1) is 21.3. The molecular weight excluding hydrogens is 435 g/mol. The van der Waals surface area contributed by atoms with Crippen LogP contribution in [0.15, 0.2) is 94.4 Å². The SMILES string of the molecule is O=C(OCc1ncc(-c2ccc(F)cc2)o1)c1cccc(NS(=O)(=O)c2ccccc2)c1. The van der Waals surface area contributed by atoms with E-state index in [2.05, 4.69) is 9.71 Å². The fraction of sp³-hybridized carbons (Fsp3) is 0.0435. The summed E-state index contributed by atoms with van der Waals surface area (Å²) in [5, 5.41) is 0. The van der Waals surface area contributed by atoms with Crippen LogP contribution in [0, 0.1) is 5.82 Å². The van der Waals surface area contributed by atoms with E-state index in [9.17, 15) is 17.6 Å². The van der Waals surface area contributed by atoms with Gasteiger partial charge in [-0.3, -0.25) is 4.72 Å². The highest BCUT2D eigenvalue weighted by molar-refractivity contribution is 7.92. The zero-order chi connectivity index (χ0) is 22.6. The Balaban J connectivity index is 1.41. The Labute approximate surface area is 183 Å². The summed E-state index contributed by atoms with van der Waals surface area (Å²) in [5.41, 5.74) is 1.01. The molecule has 0 aliphatic rings. The quantitative estimate of drug-likeness (QED) is 0.410. The summed E-state index contributed by atoms with van der Waals surface area (Å²) in [6, 6.07) is 19.5. The van der Waals surface area contributed by atoms with Crippen molar-refractivity contribution in [1.29, 1.82) is 0 Å². The van der Waals surface area contributed by atoms with Gasteiger partial charge in [0.1, 0.15) is 5.82 Å². The maximum atomic E-state index is 13.0. The first-order valence-corrected chi connectivity index (χ1v) is 10.9. The van der Waals surface area contributed by atoms with E-state index in [0.29, 0.717) is 11.3 Å². The Morgan fingerprint density at radius 2 is 1.75 bits per heavy atom. The summed E-state index contributed by atoms with van der Waals surface area (Å²) in [7, 11) is -3.79. The monoisotopic (exact) mass is 452 g/mol. The number of hydrogen-bond acceptors (Lipinski definition) is 6. The largest absolute Gasteiger partial charge is 0.452 e. The van der Waals surface area contributed by atoms with Gasteiger partial charge in [-0.05, 0) is 54.6 Å². The van der Waals surface area contributed by atoms with Crippen molar-refractivity contribution in [2.24, 2.45) is 0 Å². The van der Waals surface area contributed by atoms with Gasteiger partial charge in [-0.2, -0.15) is 0 Å². The van der Waals surface area contributed by atoms with Gasteiger partial charge in [-0.25, -0.2) is 22.6 Å². The van der Waals surface area contributed by atoms with Crippen LogP contribution in [0.2, 0.25) is 0 Å². The summed E-state index contributed by atoms with van der Waals surface area (Å²) in [6.45, 7) is -0.222. The molecule has 3 aromatic carbocycles. The van der Waals surface area contributed by atoms with Gasteiger partial charge >= 0.3 is 5.97 Å². The molecule has 0 spiro atoms. The third-order valence-electron chi connectivity index (χ3n) is 4.41. The first-order valence-electron chi connectivity index (χ1n) is 9.46. The number of halogens is 1. The van der Waals surface area contributed by atoms with Crippen molar-refractivity contribution in [3.8, 4) is 11.3 Å². The number of benzene rings is 3. The van der Waals surface area contributed by atoms with Crippen LogP contribution in [0.3, 0.4) is 0 Å². The lowest BCUT2D eigenvalue weighted by molar-refractivity contribution is 0.0439. The summed E-state index contributed by atoms with van der Waals surface area (Å²) in [5.74, 6) is -0.463. The molecular formula is C23H17FN2O5S. The smallest absolute Gasteiger partial charge is 0.338 e. The van der Waals surface area contributed by atoms with Gasteiger partial charge in [-0.15, -0.1) is 0 Å². The van der Waals surface area contributed by atoms with E-state index < -0.39 is 16.0 Å². The first-order chi connectivity index (χ1) is 15.4. The van der Waals surface area contributed by atoms with E-state index in [1.54, 1.807) is 30.3 Å². The van der Waals surface area contributed by atoms with Crippen LogP contribution in [0.5, 0.6) is 0 Å². The molecule has 9 heteroatoms. The zero-order valence-corrected chi connectivity index (χ0v) is 17.4. The molecule has 0 bridgehead atoms. The number of oxazole rings is 1. The van der Waals surface area contributed by atoms with E-state index in [4.69, 9.17) is 9.15 Å². The minimum Gasteiger partial charge on any atom is -0.452 e. The number of rotatable bonds is 7. The maximum absolute atomic E-state index is 13.0. The molecule has 4 rings (SSSR count). The fourth-order valence-electron chi connectivity index (χ4n) is 2.86. The van der Waals surface area contributed by atoms with Gasteiger partial charge in [-0.1, -0.05) is 24.3 Å². The maximum Gasteiger partial charge on any atom is 0.338 e. The van der Waals surface area contributed by atoms with E-state index in [1.807, 2.05) is 0 Å². The van der Waals surface area contributed by atoms with E-state index >= 15 is 0 Å². The molecule has 32 heavy (non-hydrogen) atoms. The molecule has 0 aliphatic heterocycles. The van der Waals surface area contributed by atoms with Gasteiger partial charge in [0.25, 0.3) is 10.0 Å². The van der Waals surface area contributed by atoms with Crippen molar-refractivity contribution in [2.45, 2.75) is 11.5 Å². The second kappa shape index (κ2) is 9.03. The number of anilines is 1. The Hall–Kier alpha value is -3.98. The molecule has 1 heterocycles. The third-order valence-corrected chi connectivity index (χ3v) is 5.81. The van der Waals surface area contributed by atoms with Crippen molar-refractivity contribution in [1.82, 2.24) is 4.98 Å². The van der Waals surface area contributed by atoms with E-state index in [-0.39, 0.29) is 34.5 Å². The van der Waals surface area contributed by atoms with E-state index in [1.165, 1.54) is 54.7 Å². The van der Waals surface area contributed by atoms with Crippen LogP contribution in [0.1, 0.15) is 16.2 Å². The molecule has 0 saturated heterocycles. The summed E-state index contributed by atoms with van der Waals surface area (Å²) in [4.78, 5) is 16.6. The Bertz CT molecular complexity index is 1340. The van der Waals surface area contributed by atoms with E-state index in [0.717, 1.165) is 0 Å². The van der Waals surface area contributed by atoms with Crippen LogP contribution in [0.4, 0.5) is 10.1 Å². The highest BCUT2D eigenvalue weighted by Gasteiger charge is 2.16. The van der Waals surface area contributed by atoms with Crippen LogP contribution in [-0.2, 0) is 21.4 Å². The molecule has 0 saturated carbocycles. The molecule has 162 valence electrons. The average Bonchev–Trinajstić information content (AvgIpc) is 3.27. The number of aromatic nitrogens is 1. The third kappa shape index (κ3) is 5.01. The Morgan fingerprint density at radius 3 is 2.50 bits per heavy atom. The average molecular weight is 452 g/mol. The zero-order valence-electron chi connectivity index (χ0n) is 16.6. The lowest BCUT2D eigenvalue weighted by Crippen LogP contribution is -2.13. The minimum atomic E-state index is -3.79. The highest BCUT2D eigenvalue weighted by Crippen LogP contribution is 2.22. The number of carbonyl (C=O) groups is 1. The normalized spacial score (nSPS) is 11.2. The van der Waals surface area contributed by atoms with Crippen LogP contribution in [-0.4, -0.2) is 19.4 Å². The molecule has 0 amide bonds. The van der Waals surface area contributed by atoms with Gasteiger partial charge < -0.3 is 9.15 Å². The summed E-state index contributed by atoms with van der Waals surface area (Å²) in [6.07, 6.45) is 1.45. The molecule has 0 radical (unpaired) electrons. The minimum absolute atomic E-state index is 0.105. The van der Waals surface area contributed by atoms with Crippen LogP contribution >= 0.6 is 0 Å². The second-order valence-corrected chi connectivity index (χ2v) is 8.38. The molecule has 7 nitrogen and oxygen atoms in total. The molecule has 4 aromatic rings. The summed E-state index contributed by atoms with van der Waals surface area (Å²) >= 11 is 0. The van der Waals surface area contributed by atoms with Crippen molar-refractivity contribution in [2.75, 3.05) is 4.72 Å². The fourth-order valence-corrected chi connectivity index (χ4v) is 3.93. The van der Waals surface area contributed by atoms with Gasteiger partial charge in [0.05, 0.1) is 16.7 Å². The van der Waals surface area contributed by atoms with Crippen molar-refractivity contribution in [3.63, 3.8) is 0 Å². The molecule has 1 aromatic heterocycles. The van der Waals surface area contributed by atoms with Gasteiger partial charge in [0, 0.05) is 11.3 Å².